The fourth-order valence-electron chi connectivity index (χ4n) is 2.67. The van der Waals surface area contributed by atoms with Crippen molar-refractivity contribution in [1.29, 1.82) is 0 Å². The number of aliphatic imine (C=N–C) groups is 1. The van der Waals surface area contributed by atoms with Crippen molar-refractivity contribution in [3.05, 3.63) is 42.5 Å². The van der Waals surface area contributed by atoms with Gasteiger partial charge in [0.2, 0.25) is 11.8 Å². The number of fused-ring (bicyclic) bond motifs is 1. The summed E-state index contributed by atoms with van der Waals surface area (Å²) in [5, 5.41) is 2.63. The Bertz CT molecular complexity index is 856. The van der Waals surface area contributed by atoms with Crippen LogP contribution in [0.3, 0.4) is 0 Å². The van der Waals surface area contributed by atoms with E-state index in [0.717, 1.165) is 4.90 Å². The lowest BCUT2D eigenvalue weighted by Crippen LogP contribution is -2.49. The Labute approximate surface area is 149 Å². The molecule has 8 heteroatoms. The molecular formula is C18H17N3O5. The molecule has 1 atom stereocenters. The number of hydrogen-bond donors (Lipinski definition) is 1. The standard InChI is InChI=1S/C18H17N3O5/c1-25-11-7-8-15(26-2)14(9-11)19-16(22)10-21-17(23)12-5-3-4-6-13(12)20-18(21)24/h3-9,12H,10H2,1-2H3,(H,19,22). The van der Waals surface area contributed by atoms with Crippen LogP contribution in [-0.4, -0.2) is 49.2 Å². The van der Waals surface area contributed by atoms with Crippen molar-refractivity contribution in [1.82, 2.24) is 4.90 Å². The number of allylic oxidation sites excluding steroid dienone is 3. The van der Waals surface area contributed by atoms with E-state index in [9.17, 15) is 14.4 Å². The summed E-state index contributed by atoms with van der Waals surface area (Å²) in [6.07, 6.45) is 6.66. The smallest absolute Gasteiger partial charge is 0.351 e. The molecule has 1 unspecified atom stereocenters. The molecule has 0 fully saturated rings. The molecular weight excluding hydrogens is 338 g/mol. The van der Waals surface area contributed by atoms with Gasteiger partial charge in [0.25, 0.3) is 0 Å². The van der Waals surface area contributed by atoms with Gasteiger partial charge < -0.3 is 14.8 Å². The zero-order chi connectivity index (χ0) is 18.7. The number of amides is 4. The average Bonchev–Trinajstić information content (AvgIpc) is 2.65. The monoisotopic (exact) mass is 355 g/mol. The summed E-state index contributed by atoms with van der Waals surface area (Å²) >= 11 is 0. The number of ether oxygens (including phenoxy) is 2. The van der Waals surface area contributed by atoms with Crippen LogP contribution in [0.1, 0.15) is 0 Å². The third-order valence-electron chi connectivity index (χ3n) is 3.97. The number of hydrogen-bond acceptors (Lipinski definition) is 5. The van der Waals surface area contributed by atoms with Crippen molar-refractivity contribution in [2.45, 2.75) is 0 Å². The lowest BCUT2D eigenvalue weighted by molar-refractivity contribution is -0.132. The van der Waals surface area contributed by atoms with E-state index in [4.69, 9.17) is 9.47 Å². The van der Waals surface area contributed by atoms with Crippen LogP contribution in [-0.2, 0) is 9.59 Å². The second-order valence-electron chi connectivity index (χ2n) is 5.58. The zero-order valence-corrected chi connectivity index (χ0v) is 14.3. The molecule has 8 nitrogen and oxygen atoms in total. The minimum absolute atomic E-state index is 0.374. The Balaban J connectivity index is 1.75. The maximum absolute atomic E-state index is 12.5. The van der Waals surface area contributed by atoms with Gasteiger partial charge in [-0.3, -0.25) is 14.5 Å². The molecule has 1 aromatic carbocycles. The minimum atomic E-state index is -0.756. The fraction of sp³-hybridized carbons (Fsp3) is 0.222. The van der Waals surface area contributed by atoms with E-state index in [2.05, 4.69) is 10.3 Å². The highest BCUT2D eigenvalue weighted by Gasteiger charge is 2.36. The second-order valence-corrected chi connectivity index (χ2v) is 5.58. The molecule has 0 spiro atoms. The van der Waals surface area contributed by atoms with Gasteiger partial charge in [-0.05, 0) is 18.2 Å². The number of nitrogens with zero attached hydrogens (tertiary/aromatic N) is 2. The molecule has 0 bridgehead atoms. The molecule has 1 aliphatic carbocycles. The highest BCUT2D eigenvalue weighted by molar-refractivity contribution is 6.22. The van der Waals surface area contributed by atoms with Crippen LogP contribution in [0.15, 0.2) is 47.5 Å². The summed E-state index contributed by atoms with van der Waals surface area (Å²) in [5.74, 6) is -0.715. The van der Waals surface area contributed by atoms with Gasteiger partial charge in [-0.25, -0.2) is 4.79 Å². The van der Waals surface area contributed by atoms with Crippen molar-refractivity contribution in [3.8, 4) is 11.5 Å². The number of rotatable bonds is 5. The van der Waals surface area contributed by atoms with Crippen molar-refractivity contribution >= 4 is 29.2 Å². The molecule has 0 radical (unpaired) electrons. The number of carbonyl (C=O) groups excluding carboxylic acids is 3. The lowest BCUT2D eigenvalue weighted by Gasteiger charge is -2.27. The Morgan fingerprint density at radius 1 is 1.23 bits per heavy atom. The first-order chi connectivity index (χ1) is 12.5. The molecule has 2 aliphatic rings. The molecule has 0 aromatic heterocycles. The van der Waals surface area contributed by atoms with Crippen molar-refractivity contribution in [3.63, 3.8) is 0 Å². The molecule has 4 amide bonds. The molecule has 1 N–H and O–H groups in total. The largest absolute Gasteiger partial charge is 0.497 e. The Kier molecular flexibility index (Phi) is 4.83. The van der Waals surface area contributed by atoms with Crippen LogP contribution in [0, 0.1) is 5.92 Å². The molecule has 0 saturated carbocycles. The third-order valence-corrected chi connectivity index (χ3v) is 3.97. The van der Waals surface area contributed by atoms with Crippen LogP contribution in [0.5, 0.6) is 11.5 Å². The number of carbonyl (C=O) groups is 3. The maximum atomic E-state index is 12.5. The third kappa shape index (κ3) is 3.34. The zero-order valence-electron chi connectivity index (χ0n) is 14.3. The van der Waals surface area contributed by atoms with Crippen molar-refractivity contribution in [2.24, 2.45) is 10.9 Å². The van der Waals surface area contributed by atoms with E-state index < -0.39 is 30.3 Å². The predicted molar refractivity (Wildman–Crippen MR) is 94.5 cm³/mol. The topological polar surface area (TPSA) is 97.3 Å². The Hall–Kier alpha value is -3.42. The van der Waals surface area contributed by atoms with Gasteiger partial charge in [-0.2, -0.15) is 4.99 Å². The quantitative estimate of drug-likeness (QED) is 0.868. The minimum Gasteiger partial charge on any atom is -0.497 e. The Morgan fingerprint density at radius 3 is 2.77 bits per heavy atom. The molecule has 1 aromatic rings. The SMILES string of the molecule is COc1ccc(OC)c(NC(=O)CN2C(=O)N=C3C=CC=CC3C2=O)c1. The highest BCUT2D eigenvalue weighted by Crippen LogP contribution is 2.29. The number of benzene rings is 1. The van der Waals surface area contributed by atoms with E-state index >= 15 is 0 Å². The molecule has 3 rings (SSSR count). The second kappa shape index (κ2) is 7.22. The van der Waals surface area contributed by atoms with Gasteiger partial charge in [0.15, 0.2) is 0 Å². The molecule has 1 aliphatic heterocycles. The number of urea groups is 1. The summed E-state index contributed by atoms with van der Waals surface area (Å²) < 4.78 is 10.3. The van der Waals surface area contributed by atoms with Gasteiger partial charge in [-0.1, -0.05) is 18.2 Å². The van der Waals surface area contributed by atoms with E-state index in [1.807, 2.05) is 0 Å². The number of methoxy groups -OCH3 is 2. The van der Waals surface area contributed by atoms with Gasteiger partial charge in [-0.15, -0.1) is 0 Å². The van der Waals surface area contributed by atoms with Gasteiger partial charge >= 0.3 is 6.03 Å². The Morgan fingerprint density at radius 2 is 2.04 bits per heavy atom. The summed E-state index contributed by atoms with van der Waals surface area (Å²) in [6, 6.07) is 4.16. The van der Waals surface area contributed by atoms with Gasteiger partial charge in [0.1, 0.15) is 18.0 Å². The first-order valence-electron chi connectivity index (χ1n) is 7.84. The van der Waals surface area contributed by atoms with E-state index in [1.54, 1.807) is 42.5 Å². The first kappa shape index (κ1) is 17.4. The average molecular weight is 355 g/mol. The number of imide groups is 1. The van der Waals surface area contributed by atoms with E-state index in [1.165, 1.54) is 14.2 Å². The van der Waals surface area contributed by atoms with E-state index in [-0.39, 0.29) is 0 Å². The van der Waals surface area contributed by atoms with Gasteiger partial charge in [0.05, 0.1) is 31.5 Å². The number of nitrogens with one attached hydrogen (secondary N) is 1. The summed E-state index contributed by atoms with van der Waals surface area (Å²) in [5.41, 5.74) is 0.757. The molecule has 0 saturated heterocycles. The first-order valence-corrected chi connectivity index (χ1v) is 7.84. The molecule has 26 heavy (non-hydrogen) atoms. The van der Waals surface area contributed by atoms with Crippen LogP contribution >= 0.6 is 0 Å². The maximum Gasteiger partial charge on any atom is 0.351 e. The van der Waals surface area contributed by atoms with Crippen LogP contribution in [0.2, 0.25) is 0 Å². The van der Waals surface area contributed by atoms with Crippen molar-refractivity contribution in [2.75, 3.05) is 26.1 Å². The summed E-state index contributed by atoms with van der Waals surface area (Å²) in [6.45, 7) is -0.442. The summed E-state index contributed by atoms with van der Waals surface area (Å²) in [4.78, 5) is 41.7. The van der Waals surface area contributed by atoms with Crippen molar-refractivity contribution < 1.29 is 23.9 Å². The lowest BCUT2D eigenvalue weighted by atomic mass is 9.95. The summed E-state index contributed by atoms with van der Waals surface area (Å²) in [7, 11) is 2.97. The van der Waals surface area contributed by atoms with Gasteiger partial charge in [0, 0.05) is 6.07 Å². The highest BCUT2D eigenvalue weighted by atomic mass is 16.5. The fourth-order valence-corrected chi connectivity index (χ4v) is 2.67. The van der Waals surface area contributed by atoms with E-state index in [0.29, 0.717) is 22.9 Å². The number of anilines is 1. The van der Waals surface area contributed by atoms with Crippen LogP contribution < -0.4 is 14.8 Å². The van der Waals surface area contributed by atoms with Crippen LogP contribution in [0.25, 0.3) is 0 Å². The molecule has 1 heterocycles. The molecule has 134 valence electrons. The normalized spacial score (nSPS) is 18.3. The van der Waals surface area contributed by atoms with Crippen LogP contribution in [0.4, 0.5) is 10.5 Å². The predicted octanol–water partition coefficient (Wildman–Crippen LogP) is 1.79.